The van der Waals surface area contributed by atoms with Crippen molar-refractivity contribution in [3.05, 3.63) is 90.4 Å². The topological polar surface area (TPSA) is 119 Å². The lowest BCUT2D eigenvalue weighted by molar-refractivity contribution is 0.102. The summed E-state index contributed by atoms with van der Waals surface area (Å²) in [5, 5.41) is 7.13. The number of nitrogens with zero attached hydrogens (tertiary/aromatic N) is 7. The Labute approximate surface area is 220 Å². The zero-order valence-corrected chi connectivity index (χ0v) is 21.2. The maximum atomic E-state index is 12.7. The van der Waals surface area contributed by atoms with Gasteiger partial charge < -0.3 is 11.1 Å². The SMILES string of the molecule is Cn1cc(CN2CCC[C@@H](c3nc(-c4ccc(C(=O)Nc5ccccn5)cc4)c4c(N)nccn34)C2)cn1. The van der Waals surface area contributed by atoms with Crippen LogP contribution in [-0.2, 0) is 13.6 Å². The maximum absolute atomic E-state index is 12.7. The number of carbonyl (C=O) groups excluding carboxylic acids is 1. The number of imidazole rings is 1. The number of anilines is 2. The van der Waals surface area contributed by atoms with Gasteiger partial charge in [-0.25, -0.2) is 15.0 Å². The van der Waals surface area contributed by atoms with Crippen LogP contribution >= 0.6 is 0 Å². The number of fused-ring (bicyclic) bond motifs is 1. The summed E-state index contributed by atoms with van der Waals surface area (Å²) in [6.07, 6.45) is 11.4. The highest BCUT2D eigenvalue weighted by atomic mass is 16.1. The van der Waals surface area contributed by atoms with Crippen LogP contribution in [0.5, 0.6) is 0 Å². The summed E-state index contributed by atoms with van der Waals surface area (Å²) in [5.41, 5.74) is 10.6. The van der Waals surface area contributed by atoms with E-state index in [0.29, 0.717) is 17.2 Å². The monoisotopic (exact) mass is 507 g/mol. The number of amides is 1. The van der Waals surface area contributed by atoms with Crippen molar-refractivity contribution in [1.82, 2.24) is 34.0 Å². The molecule has 6 rings (SSSR count). The van der Waals surface area contributed by atoms with Gasteiger partial charge in [-0.1, -0.05) is 18.2 Å². The predicted molar refractivity (Wildman–Crippen MR) is 145 cm³/mol. The highest BCUT2D eigenvalue weighted by molar-refractivity contribution is 6.04. The average Bonchev–Trinajstić information content (AvgIpc) is 3.53. The molecule has 0 saturated carbocycles. The highest BCUT2D eigenvalue weighted by Gasteiger charge is 2.27. The van der Waals surface area contributed by atoms with E-state index in [9.17, 15) is 4.79 Å². The van der Waals surface area contributed by atoms with Crippen molar-refractivity contribution in [2.24, 2.45) is 7.05 Å². The smallest absolute Gasteiger partial charge is 0.256 e. The minimum absolute atomic E-state index is 0.220. The molecule has 1 atom stereocenters. The molecule has 5 heterocycles. The van der Waals surface area contributed by atoms with Gasteiger partial charge in [0.1, 0.15) is 28.7 Å². The predicted octanol–water partition coefficient (Wildman–Crippen LogP) is 3.74. The molecule has 1 fully saturated rings. The Bertz CT molecular complexity index is 1570. The molecule has 38 heavy (non-hydrogen) atoms. The Morgan fingerprint density at radius 2 is 2.00 bits per heavy atom. The third-order valence-corrected chi connectivity index (χ3v) is 6.97. The van der Waals surface area contributed by atoms with Crippen LogP contribution in [0.25, 0.3) is 16.8 Å². The molecule has 0 unspecified atom stereocenters. The van der Waals surface area contributed by atoms with E-state index in [-0.39, 0.29) is 11.8 Å². The normalized spacial score (nSPS) is 16.1. The quantitative estimate of drug-likeness (QED) is 0.359. The lowest BCUT2D eigenvalue weighted by Crippen LogP contribution is -2.34. The van der Waals surface area contributed by atoms with Gasteiger partial charge in [0.2, 0.25) is 0 Å². The van der Waals surface area contributed by atoms with Gasteiger partial charge in [0, 0.05) is 67.5 Å². The fraction of sp³-hybridized carbons (Fsp3) is 0.250. The summed E-state index contributed by atoms with van der Waals surface area (Å²) in [7, 11) is 1.94. The lowest BCUT2D eigenvalue weighted by atomic mass is 9.97. The summed E-state index contributed by atoms with van der Waals surface area (Å²) in [4.78, 5) is 28.8. The molecule has 1 aromatic carbocycles. The fourth-order valence-corrected chi connectivity index (χ4v) is 5.20. The van der Waals surface area contributed by atoms with Gasteiger partial charge in [-0.2, -0.15) is 5.10 Å². The van der Waals surface area contributed by atoms with Gasteiger partial charge in [-0.15, -0.1) is 0 Å². The molecule has 1 aliphatic rings. The molecule has 1 amide bonds. The van der Waals surface area contributed by atoms with Crippen LogP contribution in [0, 0.1) is 0 Å². The van der Waals surface area contributed by atoms with Crippen molar-refractivity contribution in [2.75, 3.05) is 24.1 Å². The van der Waals surface area contributed by atoms with Gasteiger partial charge in [-0.05, 0) is 43.7 Å². The van der Waals surface area contributed by atoms with Crippen LogP contribution in [0.1, 0.15) is 40.5 Å². The zero-order chi connectivity index (χ0) is 26.1. The average molecular weight is 508 g/mol. The standard InChI is InChI=1S/C28H29N9O/c1-35-16-19(15-32-35)17-36-13-4-5-22(18-36)27-34-24(25-26(29)31-12-14-37(25)27)20-7-9-21(10-8-20)28(38)33-23-6-2-3-11-30-23/h2-3,6-12,14-16,22H,4-5,13,17-18H2,1H3,(H2,29,31)(H,30,33,38)/t22-/m1/s1. The van der Waals surface area contributed by atoms with Crippen LogP contribution in [0.3, 0.4) is 0 Å². The number of rotatable bonds is 6. The van der Waals surface area contributed by atoms with E-state index in [2.05, 4.69) is 35.9 Å². The molecule has 192 valence electrons. The van der Waals surface area contributed by atoms with E-state index in [0.717, 1.165) is 55.1 Å². The van der Waals surface area contributed by atoms with E-state index in [1.807, 2.05) is 42.3 Å². The second-order valence-corrected chi connectivity index (χ2v) is 9.69. The fourth-order valence-electron chi connectivity index (χ4n) is 5.20. The van der Waals surface area contributed by atoms with Crippen LogP contribution in [-0.4, -0.2) is 53.0 Å². The van der Waals surface area contributed by atoms with Gasteiger partial charge in [-0.3, -0.25) is 18.8 Å². The van der Waals surface area contributed by atoms with Crippen molar-refractivity contribution in [3.63, 3.8) is 0 Å². The van der Waals surface area contributed by atoms with Gasteiger partial charge in [0.05, 0.1) is 6.20 Å². The zero-order valence-electron chi connectivity index (χ0n) is 21.2. The van der Waals surface area contributed by atoms with E-state index in [1.54, 1.807) is 36.7 Å². The number of aryl methyl sites for hydroxylation is 1. The van der Waals surface area contributed by atoms with Gasteiger partial charge >= 0.3 is 0 Å². The van der Waals surface area contributed by atoms with Crippen LogP contribution in [0.2, 0.25) is 0 Å². The van der Waals surface area contributed by atoms with Crippen molar-refractivity contribution in [1.29, 1.82) is 0 Å². The van der Waals surface area contributed by atoms with Gasteiger partial charge in [0.15, 0.2) is 0 Å². The molecule has 0 bridgehead atoms. The Kier molecular flexibility index (Phi) is 6.30. The number of hydrogen-bond donors (Lipinski definition) is 2. The number of benzene rings is 1. The summed E-state index contributed by atoms with van der Waals surface area (Å²) in [6, 6.07) is 12.8. The Morgan fingerprint density at radius 3 is 2.76 bits per heavy atom. The first kappa shape index (κ1) is 23.8. The second-order valence-electron chi connectivity index (χ2n) is 9.69. The van der Waals surface area contributed by atoms with E-state index in [4.69, 9.17) is 10.7 Å². The molecule has 10 nitrogen and oxygen atoms in total. The van der Waals surface area contributed by atoms with Crippen molar-refractivity contribution in [3.8, 4) is 11.3 Å². The molecule has 1 saturated heterocycles. The Hall–Kier alpha value is -4.57. The number of nitrogens with one attached hydrogen (secondary N) is 1. The van der Waals surface area contributed by atoms with E-state index < -0.39 is 0 Å². The first-order chi connectivity index (χ1) is 18.5. The third-order valence-electron chi connectivity index (χ3n) is 6.97. The molecule has 3 N–H and O–H groups in total. The Balaban J connectivity index is 1.28. The summed E-state index contributed by atoms with van der Waals surface area (Å²) in [6.45, 7) is 2.82. The van der Waals surface area contributed by atoms with Crippen LogP contribution in [0.15, 0.2) is 73.4 Å². The number of likely N-dealkylation sites (tertiary alicyclic amines) is 1. The minimum atomic E-state index is -0.220. The van der Waals surface area contributed by atoms with E-state index >= 15 is 0 Å². The second kappa shape index (κ2) is 10.1. The van der Waals surface area contributed by atoms with Crippen molar-refractivity contribution >= 4 is 23.1 Å². The van der Waals surface area contributed by atoms with Crippen molar-refractivity contribution < 1.29 is 4.79 Å². The summed E-state index contributed by atoms with van der Waals surface area (Å²) < 4.78 is 3.92. The molecule has 5 aromatic rings. The lowest BCUT2D eigenvalue weighted by Gasteiger charge is -2.31. The van der Waals surface area contributed by atoms with E-state index in [1.165, 1.54) is 5.56 Å². The summed E-state index contributed by atoms with van der Waals surface area (Å²) in [5.74, 6) is 1.96. The first-order valence-electron chi connectivity index (χ1n) is 12.7. The number of pyridine rings is 1. The molecular formula is C28H29N9O. The Morgan fingerprint density at radius 1 is 1.13 bits per heavy atom. The van der Waals surface area contributed by atoms with Crippen LogP contribution in [0.4, 0.5) is 11.6 Å². The molecule has 4 aromatic heterocycles. The number of carbonyl (C=O) groups is 1. The largest absolute Gasteiger partial charge is 0.382 e. The van der Waals surface area contributed by atoms with Crippen molar-refractivity contribution in [2.45, 2.75) is 25.3 Å². The molecule has 10 heteroatoms. The van der Waals surface area contributed by atoms with Gasteiger partial charge in [0.25, 0.3) is 5.91 Å². The maximum Gasteiger partial charge on any atom is 0.256 e. The number of hydrogen-bond acceptors (Lipinski definition) is 7. The third kappa shape index (κ3) is 4.73. The molecule has 0 spiro atoms. The number of nitrogens with two attached hydrogens (primary N) is 1. The number of nitrogen functional groups attached to an aromatic ring is 1. The number of piperidine rings is 1. The molecule has 0 radical (unpaired) electrons. The molecular weight excluding hydrogens is 478 g/mol. The summed E-state index contributed by atoms with van der Waals surface area (Å²) >= 11 is 0. The van der Waals surface area contributed by atoms with Crippen LogP contribution < -0.4 is 11.1 Å². The minimum Gasteiger partial charge on any atom is -0.382 e. The number of aromatic nitrogens is 6. The molecule has 1 aliphatic heterocycles. The molecule has 0 aliphatic carbocycles. The highest BCUT2D eigenvalue weighted by Crippen LogP contribution is 2.34. The first-order valence-corrected chi connectivity index (χ1v) is 12.7.